The summed E-state index contributed by atoms with van der Waals surface area (Å²) >= 11 is 0. The smallest absolute Gasteiger partial charge is 0.316 e. The van der Waals surface area contributed by atoms with Gasteiger partial charge in [-0.2, -0.15) is 0 Å². The number of aliphatic carboxylic acids is 1. The maximum absolute atomic E-state index is 11.3. The van der Waals surface area contributed by atoms with Crippen molar-refractivity contribution in [2.24, 2.45) is 0 Å². The molecule has 2 heterocycles. The van der Waals surface area contributed by atoms with Gasteiger partial charge in [0.05, 0.1) is 18.7 Å². The summed E-state index contributed by atoms with van der Waals surface area (Å²) in [6.07, 6.45) is 2.45. The van der Waals surface area contributed by atoms with Gasteiger partial charge >= 0.3 is 29.0 Å². The van der Waals surface area contributed by atoms with Crippen molar-refractivity contribution in [2.75, 3.05) is 6.61 Å². The van der Waals surface area contributed by atoms with Crippen molar-refractivity contribution in [3.05, 3.63) is 35.0 Å². The first-order chi connectivity index (χ1) is 10.1. The highest BCUT2D eigenvalue weighted by molar-refractivity contribution is 5.88. The minimum Gasteiger partial charge on any atom is -0.481 e. The predicted molar refractivity (Wildman–Crippen MR) is 90.1 cm³/mol. The van der Waals surface area contributed by atoms with Gasteiger partial charge in [-0.25, -0.2) is 0 Å². The Morgan fingerprint density at radius 2 is 2.18 bits per heavy atom. The first-order valence-electron chi connectivity index (χ1n) is 7.60. The van der Waals surface area contributed by atoms with Crippen LogP contribution < -0.4 is 0 Å². The zero-order valence-electron chi connectivity index (χ0n) is 12.5. The molecule has 22 heavy (non-hydrogen) atoms. The number of aromatic nitrogens is 1. The monoisotopic (exact) mass is 313 g/mol. The Labute approximate surface area is 146 Å². The van der Waals surface area contributed by atoms with Gasteiger partial charge in [-0.1, -0.05) is 32.0 Å². The lowest BCUT2D eigenvalue weighted by Crippen LogP contribution is -2.37. The number of carboxylic acids is 1. The fourth-order valence-corrected chi connectivity index (χ4v) is 3.49. The number of hydrogen-bond acceptors (Lipinski definition) is 2. The Hall–Kier alpha value is -1.04. The van der Waals surface area contributed by atoms with E-state index in [2.05, 4.69) is 30.1 Å². The fourth-order valence-electron chi connectivity index (χ4n) is 3.49. The lowest BCUT2D eigenvalue weighted by Gasteiger charge is -2.35. The third-order valence-electron chi connectivity index (χ3n) is 4.60. The SMILES string of the molecule is CCc1cccc2c3c([nH]c12)C(CC)(CC(=O)O)OCC3.[MgH2]. The summed E-state index contributed by atoms with van der Waals surface area (Å²) in [7, 11) is 0. The van der Waals surface area contributed by atoms with Crippen molar-refractivity contribution < 1.29 is 14.6 Å². The van der Waals surface area contributed by atoms with E-state index in [-0.39, 0.29) is 29.5 Å². The molecule has 1 aliphatic rings. The molecule has 2 N–H and O–H groups in total. The Balaban J connectivity index is 0.00000176. The minimum absolute atomic E-state index is 0. The van der Waals surface area contributed by atoms with Crippen LogP contribution in [0.15, 0.2) is 18.2 Å². The van der Waals surface area contributed by atoms with Gasteiger partial charge in [-0.15, -0.1) is 0 Å². The molecule has 1 aromatic carbocycles. The summed E-state index contributed by atoms with van der Waals surface area (Å²) in [5.74, 6) is -0.820. The Bertz CT molecular complexity index is 695. The fraction of sp³-hybridized carbons (Fsp3) is 0.471. The zero-order chi connectivity index (χ0) is 15.0. The minimum atomic E-state index is -0.820. The molecule has 5 heteroatoms. The molecule has 0 aliphatic carbocycles. The summed E-state index contributed by atoms with van der Waals surface area (Å²) in [4.78, 5) is 14.8. The average Bonchev–Trinajstić information content (AvgIpc) is 2.87. The van der Waals surface area contributed by atoms with Crippen LogP contribution in [-0.4, -0.2) is 45.7 Å². The number of ether oxygens (including phenoxy) is 1. The number of carboxylic acid groups (broad SMARTS) is 1. The van der Waals surface area contributed by atoms with Gasteiger partial charge < -0.3 is 14.8 Å². The van der Waals surface area contributed by atoms with Crippen LogP contribution in [0.25, 0.3) is 10.9 Å². The van der Waals surface area contributed by atoms with Crippen molar-refractivity contribution in [3.8, 4) is 0 Å². The molecular formula is C17H23MgNO3. The number of aromatic amines is 1. The second-order valence-corrected chi connectivity index (χ2v) is 5.69. The quantitative estimate of drug-likeness (QED) is 0.852. The molecule has 1 unspecified atom stereocenters. The van der Waals surface area contributed by atoms with Crippen LogP contribution in [0.3, 0.4) is 0 Å². The molecule has 0 fully saturated rings. The number of para-hydroxylation sites is 1. The van der Waals surface area contributed by atoms with Crippen LogP contribution in [0.2, 0.25) is 0 Å². The average molecular weight is 314 g/mol. The third-order valence-corrected chi connectivity index (χ3v) is 4.60. The maximum Gasteiger partial charge on any atom is 0.316 e. The molecule has 0 bridgehead atoms. The standard InChI is InChI=1S/C17H21NO3.Mg.2H/c1-3-11-6-5-7-12-13-8-9-21-17(4-2,10-14(19)20)16(13)18-15(11)12;;;/h5-7,18H,3-4,8-10H2,1-2H3,(H,19,20);;;. The number of nitrogens with one attached hydrogen (secondary N) is 1. The normalized spacial score (nSPS) is 20.5. The number of rotatable bonds is 4. The van der Waals surface area contributed by atoms with Gasteiger partial charge in [0.15, 0.2) is 0 Å². The number of aryl methyl sites for hydroxylation is 1. The molecule has 1 atom stereocenters. The molecule has 0 spiro atoms. The lowest BCUT2D eigenvalue weighted by atomic mass is 9.86. The zero-order valence-corrected chi connectivity index (χ0v) is 12.5. The molecule has 1 aliphatic heterocycles. The van der Waals surface area contributed by atoms with Crippen molar-refractivity contribution in [1.82, 2.24) is 4.98 Å². The predicted octanol–water partition coefficient (Wildman–Crippen LogP) is 2.47. The number of fused-ring (bicyclic) bond motifs is 3. The second kappa shape index (κ2) is 6.60. The van der Waals surface area contributed by atoms with E-state index < -0.39 is 11.6 Å². The van der Waals surface area contributed by atoms with E-state index in [0.717, 1.165) is 24.1 Å². The Morgan fingerprint density at radius 3 is 2.82 bits per heavy atom. The van der Waals surface area contributed by atoms with Crippen LogP contribution in [0, 0.1) is 0 Å². The molecule has 0 amide bonds. The topological polar surface area (TPSA) is 62.3 Å². The largest absolute Gasteiger partial charge is 0.481 e. The van der Waals surface area contributed by atoms with Crippen molar-refractivity contribution in [3.63, 3.8) is 0 Å². The van der Waals surface area contributed by atoms with Crippen LogP contribution in [0.4, 0.5) is 0 Å². The highest BCUT2D eigenvalue weighted by atomic mass is 24.3. The summed E-state index contributed by atoms with van der Waals surface area (Å²) in [6.45, 7) is 4.71. The highest BCUT2D eigenvalue weighted by Crippen LogP contribution is 2.42. The van der Waals surface area contributed by atoms with Crippen LogP contribution in [0.1, 0.15) is 43.5 Å². The van der Waals surface area contributed by atoms with Gasteiger partial charge in [0.2, 0.25) is 0 Å². The molecule has 2 aromatic rings. The molecule has 116 valence electrons. The van der Waals surface area contributed by atoms with E-state index in [1.807, 2.05) is 6.92 Å². The van der Waals surface area contributed by atoms with Crippen LogP contribution in [-0.2, 0) is 28.0 Å². The summed E-state index contributed by atoms with van der Waals surface area (Å²) in [5, 5.41) is 10.5. The van der Waals surface area contributed by atoms with Crippen LogP contribution in [0.5, 0.6) is 0 Å². The second-order valence-electron chi connectivity index (χ2n) is 5.69. The van der Waals surface area contributed by atoms with E-state index in [1.54, 1.807) is 0 Å². The summed E-state index contributed by atoms with van der Waals surface area (Å²) < 4.78 is 5.94. The van der Waals surface area contributed by atoms with E-state index >= 15 is 0 Å². The summed E-state index contributed by atoms with van der Waals surface area (Å²) in [6, 6.07) is 6.32. The molecule has 4 nitrogen and oxygen atoms in total. The first kappa shape index (κ1) is 17.3. The number of carbonyl (C=O) groups is 1. The number of benzene rings is 1. The van der Waals surface area contributed by atoms with E-state index in [9.17, 15) is 9.90 Å². The van der Waals surface area contributed by atoms with Crippen molar-refractivity contribution >= 4 is 39.9 Å². The molecule has 0 radical (unpaired) electrons. The third kappa shape index (κ3) is 2.66. The molecule has 0 saturated carbocycles. The van der Waals surface area contributed by atoms with Gasteiger partial charge in [-0.3, -0.25) is 4.79 Å². The van der Waals surface area contributed by atoms with Gasteiger partial charge in [0.1, 0.15) is 5.60 Å². The first-order valence-corrected chi connectivity index (χ1v) is 7.60. The molecule has 3 rings (SSSR count). The Morgan fingerprint density at radius 1 is 1.41 bits per heavy atom. The summed E-state index contributed by atoms with van der Waals surface area (Å²) in [5.41, 5.74) is 3.88. The van der Waals surface area contributed by atoms with E-state index in [0.29, 0.717) is 13.0 Å². The van der Waals surface area contributed by atoms with Crippen LogP contribution >= 0.6 is 0 Å². The van der Waals surface area contributed by atoms with E-state index in [1.165, 1.54) is 16.5 Å². The number of hydrogen-bond donors (Lipinski definition) is 2. The van der Waals surface area contributed by atoms with Gasteiger partial charge in [-0.05, 0) is 30.4 Å². The lowest BCUT2D eigenvalue weighted by molar-refractivity contribution is -0.148. The molecule has 0 saturated heterocycles. The Kier molecular flexibility index (Phi) is 5.20. The van der Waals surface area contributed by atoms with Gasteiger partial charge in [0.25, 0.3) is 0 Å². The van der Waals surface area contributed by atoms with Gasteiger partial charge in [0, 0.05) is 10.9 Å². The highest BCUT2D eigenvalue weighted by Gasteiger charge is 2.40. The van der Waals surface area contributed by atoms with E-state index in [4.69, 9.17) is 4.74 Å². The molecular weight excluding hydrogens is 290 g/mol. The number of H-pyrrole nitrogens is 1. The maximum atomic E-state index is 11.3. The van der Waals surface area contributed by atoms with Crippen molar-refractivity contribution in [1.29, 1.82) is 0 Å². The van der Waals surface area contributed by atoms with Crippen molar-refractivity contribution in [2.45, 2.75) is 45.1 Å². The molecule has 1 aromatic heterocycles.